The maximum absolute atomic E-state index is 6.07. The number of benzene rings is 2. The summed E-state index contributed by atoms with van der Waals surface area (Å²) in [6.07, 6.45) is 0.608. The highest BCUT2D eigenvalue weighted by Gasteiger charge is 2.13. The maximum Gasteiger partial charge on any atom is 0.260 e. The summed E-state index contributed by atoms with van der Waals surface area (Å²) in [6, 6.07) is 13.8. The number of aryl methyl sites for hydroxylation is 1. The summed E-state index contributed by atoms with van der Waals surface area (Å²) < 4.78 is 6.38. The zero-order valence-electron chi connectivity index (χ0n) is 11.5. The Morgan fingerprint density at radius 1 is 1.14 bits per heavy atom. The third-order valence-electron chi connectivity index (χ3n) is 3.33. The zero-order chi connectivity index (χ0) is 14.8. The fourth-order valence-electron chi connectivity index (χ4n) is 2.11. The first-order valence-corrected chi connectivity index (χ1v) is 7.36. The van der Waals surface area contributed by atoms with Crippen molar-refractivity contribution in [2.75, 3.05) is 5.73 Å². The minimum atomic E-state index is 0.457. The molecule has 3 aromatic rings. The Morgan fingerprint density at radius 2 is 1.95 bits per heavy atom. The number of nitrogen functional groups attached to an aromatic ring is 1. The van der Waals surface area contributed by atoms with E-state index in [1.54, 1.807) is 0 Å². The SMILES string of the molecule is Cc1cccc(-c2nc(Cc3ccccc3Br)no2)c1N. The van der Waals surface area contributed by atoms with E-state index in [4.69, 9.17) is 10.3 Å². The highest BCUT2D eigenvalue weighted by atomic mass is 79.9. The molecule has 2 N–H and O–H groups in total. The Bertz CT molecular complexity index is 783. The summed E-state index contributed by atoms with van der Waals surface area (Å²) in [6.45, 7) is 1.96. The van der Waals surface area contributed by atoms with Gasteiger partial charge in [-0.3, -0.25) is 0 Å². The number of hydrogen-bond acceptors (Lipinski definition) is 4. The third-order valence-corrected chi connectivity index (χ3v) is 4.10. The molecule has 0 aliphatic heterocycles. The van der Waals surface area contributed by atoms with Crippen molar-refractivity contribution in [3.63, 3.8) is 0 Å². The van der Waals surface area contributed by atoms with Gasteiger partial charge in [-0.25, -0.2) is 0 Å². The van der Waals surface area contributed by atoms with Gasteiger partial charge < -0.3 is 10.3 Å². The van der Waals surface area contributed by atoms with Crippen LogP contribution in [0.3, 0.4) is 0 Å². The Labute approximate surface area is 131 Å². The number of aromatic nitrogens is 2. The van der Waals surface area contributed by atoms with E-state index in [1.165, 1.54) is 0 Å². The van der Waals surface area contributed by atoms with Crippen LogP contribution in [-0.4, -0.2) is 10.1 Å². The average Bonchev–Trinajstić information content (AvgIpc) is 2.93. The van der Waals surface area contributed by atoms with Crippen LogP contribution in [-0.2, 0) is 6.42 Å². The van der Waals surface area contributed by atoms with Gasteiger partial charge in [0.1, 0.15) is 0 Å². The van der Waals surface area contributed by atoms with Crippen molar-refractivity contribution >= 4 is 21.6 Å². The molecule has 1 heterocycles. The van der Waals surface area contributed by atoms with Crippen molar-refractivity contribution in [3.05, 3.63) is 63.9 Å². The molecule has 21 heavy (non-hydrogen) atoms. The molecule has 0 atom stereocenters. The van der Waals surface area contributed by atoms with Crippen LogP contribution in [0.2, 0.25) is 0 Å². The Kier molecular flexibility index (Phi) is 3.75. The van der Waals surface area contributed by atoms with Gasteiger partial charge in [0, 0.05) is 16.6 Å². The summed E-state index contributed by atoms with van der Waals surface area (Å²) in [5.41, 5.74) is 9.63. The largest absolute Gasteiger partial charge is 0.398 e. The van der Waals surface area contributed by atoms with E-state index >= 15 is 0 Å². The van der Waals surface area contributed by atoms with Gasteiger partial charge in [-0.2, -0.15) is 4.98 Å². The number of nitrogens with zero attached hydrogens (tertiary/aromatic N) is 2. The first-order chi connectivity index (χ1) is 10.1. The second-order valence-electron chi connectivity index (χ2n) is 4.82. The molecule has 0 radical (unpaired) electrons. The fourth-order valence-corrected chi connectivity index (χ4v) is 2.54. The van der Waals surface area contributed by atoms with Crippen molar-refractivity contribution in [3.8, 4) is 11.5 Å². The van der Waals surface area contributed by atoms with Crippen LogP contribution in [0.4, 0.5) is 5.69 Å². The van der Waals surface area contributed by atoms with Crippen LogP contribution in [0.1, 0.15) is 17.0 Å². The van der Waals surface area contributed by atoms with Crippen LogP contribution in [0.25, 0.3) is 11.5 Å². The van der Waals surface area contributed by atoms with E-state index in [2.05, 4.69) is 26.1 Å². The molecule has 0 spiro atoms. The van der Waals surface area contributed by atoms with Gasteiger partial charge in [0.05, 0.1) is 5.56 Å². The highest BCUT2D eigenvalue weighted by Crippen LogP contribution is 2.27. The van der Waals surface area contributed by atoms with E-state index in [1.807, 2.05) is 49.4 Å². The predicted octanol–water partition coefficient (Wildman–Crippen LogP) is 3.98. The highest BCUT2D eigenvalue weighted by molar-refractivity contribution is 9.10. The van der Waals surface area contributed by atoms with Gasteiger partial charge in [0.2, 0.25) is 0 Å². The molecular formula is C16H14BrN3O. The van der Waals surface area contributed by atoms with E-state index < -0.39 is 0 Å². The van der Waals surface area contributed by atoms with Gasteiger partial charge in [0.25, 0.3) is 5.89 Å². The lowest BCUT2D eigenvalue weighted by Crippen LogP contribution is -1.94. The molecule has 0 aliphatic carbocycles. The lowest BCUT2D eigenvalue weighted by molar-refractivity contribution is 0.424. The lowest BCUT2D eigenvalue weighted by Gasteiger charge is -2.03. The van der Waals surface area contributed by atoms with Crippen LogP contribution in [0.15, 0.2) is 51.5 Å². The van der Waals surface area contributed by atoms with Gasteiger partial charge in [-0.05, 0) is 30.2 Å². The molecule has 0 fully saturated rings. The van der Waals surface area contributed by atoms with Crippen molar-refractivity contribution < 1.29 is 4.52 Å². The fraction of sp³-hybridized carbons (Fsp3) is 0.125. The van der Waals surface area contributed by atoms with Crippen molar-refractivity contribution in [2.45, 2.75) is 13.3 Å². The number of rotatable bonds is 3. The molecule has 1 aromatic heterocycles. The minimum absolute atomic E-state index is 0.457. The van der Waals surface area contributed by atoms with E-state index in [9.17, 15) is 0 Å². The first kappa shape index (κ1) is 13.8. The van der Waals surface area contributed by atoms with Crippen LogP contribution in [0.5, 0.6) is 0 Å². The second-order valence-corrected chi connectivity index (χ2v) is 5.67. The summed E-state index contributed by atoms with van der Waals surface area (Å²) in [5.74, 6) is 1.09. The molecular weight excluding hydrogens is 330 g/mol. The van der Waals surface area contributed by atoms with Crippen molar-refractivity contribution in [2.24, 2.45) is 0 Å². The smallest absolute Gasteiger partial charge is 0.260 e. The Hall–Kier alpha value is -2.14. The molecule has 2 aromatic carbocycles. The first-order valence-electron chi connectivity index (χ1n) is 6.56. The van der Waals surface area contributed by atoms with Gasteiger partial charge in [0.15, 0.2) is 5.82 Å². The molecule has 3 rings (SSSR count). The number of anilines is 1. The number of nitrogens with two attached hydrogens (primary N) is 1. The quantitative estimate of drug-likeness (QED) is 0.730. The number of halogens is 1. The average molecular weight is 344 g/mol. The molecule has 0 saturated carbocycles. The van der Waals surface area contributed by atoms with E-state index in [0.717, 1.165) is 21.2 Å². The van der Waals surface area contributed by atoms with Crippen LogP contribution < -0.4 is 5.73 Å². The van der Waals surface area contributed by atoms with Crippen LogP contribution in [0, 0.1) is 6.92 Å². The minimum Gasteiger partial charge on any atom is -0.398 e. The summed E-state index contributed by atoms with van der Waals surface area (Å²) >= 11 is 3.52. The summed E-state index contributed by atoms with van der Waals surface area (Å²) in [5, 5.41) is 4.04. The standard InChI is InChI=1S/C16H14BrN3O/c1-10-5-4-7-12(15(10)18)16-19-14(20-21-16)9-11-6-2-3-8-13(11)17/h2-8H,9,18H2,1H3. The molecule has 0 aliphatic rings. The summed E-state index contributed by atoms with van der Waals surface area (Å²) in [7, 11) is 0. The summed E-state index contributed by atoms with van der Waals surface area (Å²) in [4.78, 5) is 4.44. The Morgan fingerprint density at radius 3 is 2.76 bits per heavy atom. The molecule has 106 valence electrons. The predicted molar refractivity (Wildman–Crippen MR) is 85.8 cm³/mol. The molecule has 0 amide bonds. The van der Waals surface area contributed by atoms with Gasteiger partial charge in [-0.15, -0.1) is 0 Å². The molecule has 5 heteroatoms. The zero-order valence-corrected chi connectivity index (χ0v) is 13.1. The van der Waals surface area contributed by atoms with Crippen molar-refractivity contribution in [1.29, 1.82) is 0 Å². The molecule has 4 nitrogen and oxygen atoms in total. The van der Waals surface area contributed by atoms with Gasteiger partial charge >= 0.3 is 0 Å². The molecule has 0 unspecified atom stereocenters. The second kappa shape index (κ2) is 5.69. The lowest BCUT2D eigenvalue weighted by atomic mass is 10.1. The van der Waals surface area contributed by atoms with E-state index in [0.29, 0.717) is 23.8 Å². The van der Waals surface area contributed by atoms with E-state index in [-0.39, 0.29) is 0 Å². The molecule has 0 bridgehead atoms. The maximum atomic E-state index is 6.07. The molecule has 0 saturated heterocycles. The topological polar surface area (TPSA) is 64.9 Å². The number of hydrogen-bond donors (Lipinski definition) is 1. The van der Waals surface area contributed by atoms with Crippen molar-refractivity contribution in [1.82, 2.24) is 10.1 Å². The third kappa shape index (κ3) is 2.83. The monoisotopic (exact) mass is 343 g/mol. The Balaban J connectivity index is 1.90. The van der Waals surface area contributed by atoms with Gasteiger partial charge in [-0.1, -0.05) is 51.4 Å². The normalized spacial score (nSPS) is 10.8. The van der Waals surface area contributed by atoms with Crippen LogP contribution >= 0.6 is 15.9 Å². The number of para-hydroxylation sites is 1.